The molecule has 0 aromatic carbocycles. The first-order valence-corrected chi connectivity index (χ1v) is 2.29. The van der Waals surface area contributed by atoms with Crippen molar-refractivity contribution in [2.45, 2.75) is 0 Å². The summed E-state index contributed by atoms with van der Waals surface area (Å²) < 4.78 is 0.141. The monoisotopic (exact) mass is 202 g/mol. The van der Waals surface area contributed by atoms with Crippen LogP contribution in [-0.2, 0) is 4.79 Å². The van der Waals surface area contributed by atoms with Gasteiger partial charge in [-0.1, -0.05) is 11.6 Å². The highest BCUT2D eigenvalue weighted by molar-refractivity contribution is 14.1. The third-order valence-corrected chi connectivity index (χ3v) is 0.375. The molecule has 0 N–H and O–H groups in total. The Labute approximate surface area is 48.1 Å². The summed E-state index contributed by atoms with van der Waals surface area (Å²) in [6.45, 7) is 0. The van der Waals surface area contributed by atoms with Crippen molar-refractivity contribution in [3.05, 3.63) is 3.04 Å². The zero-order valence-corrected chi connectivity index (χ0v) is 5.08. The first-order chi connectivity index (χ1) is 2.27. The molecule has 28 valence electrons. The second-order valence-corrected chi connectivity index (χ2v) is 2.46. The summed E-state index contributed by atoms with van der Waals surface area (Å²) in [6, 6.07) is 0. The molecule has 0 spiro atoms. The van der Waals surface area contributed by atoms with Gasteiger partial charge in [-0.15, -0.1) is 0 Å². The second kappa shape index (κ2) is 2.69. The van der Waals surface area contributed by atoms with Crippen molar-refractivity contribution in [3.8, 4) is 0 Å². The molecule has 0 unspecified atom stereocenters. The minimum absolute atomic E-state index is 0.141. The van der Waals surface area contributed by atoms with Gasteiger partial charge >= 0.3 is 0 Å². The average Bonchev–Trinajstić information content (AvgIpc) is 1.38. The molecule has 0 bridgehead atoms. The van der Waals surface area contributed by atoms with Crippen molar-refractivity contribution in [2.24, 2.45) is 0 Å². The van der Waals surface area contributed by atoms with Crippen LogP contribution in [0.4, 0.5) is 0 Å². The SMILES string of the molecule is O=C=C(Cl)I. The van der Waals surface area contributed by atoms with Crippen LogP contribution in [0.25, 0.3) is 0 Å². The molecule has 0 aromatic heterocycles. The predicted octanol–water partition coefficient (Wildman–Crippen LogP) is 1.33. The van der Waals surface area contributed by atoms with Crippen LogP contribution in [0.15, 0.2) is 3.04 Å². The summed E-state index contributed by atoms with van der Waals surface area (Å²) in [5.74, 6) is 1.45. The maximum atomic E-state index is 9.20. The van der Waals surface area contributed by atoms with Crippen LogP contribution in [0.2, 0.25) is 0 Å². The van der Waals surface area contributed by atoms with E-state index >= 15 is 0 Å². The highest BCUT2D eigenvalue weighted by Crippen LogP contribution is 2.03. The molecule has 0 atom stereocenters. The molecule has 5 heavy (non-hydrogen) atoms. The minimum Gasteiger partial charge on any atom is -0.231 e. The van der Waals surface area contributed by atoms with Crippen molar-refractivity contribution in [2.75, 3.05) is 0 Å². The van der Waals surface area contributed by atoms with Crippen molar-refractivity contribution < 1.29 is 4.79 Å². The Morgan fingerprint density at radius 3 is 2.20 bits per heavy atom. The summed E-state index contributed by atoms with van der Waals surface area (Å²) in [5, 5.41) is 0. The zero-order valence-electron chi connectivity index (χ0n) is 2.16. The van der Waals surface area contributed by atoms with Crippen molar-refractivity contribution in [3.63, 3.8) is 0 Å². The Kier molecular flexibility index (Phi) is 2.95. The topological polar surface area (TPSA) is 17.1 Å². The van der Waals surface area contributed by atoms with E-state index in [-0.39, 0.29) is 3.04 Å². The predicted molar refractivity (Wildman–Crippen MR) is 29.1 cm³/mol. The molecular weight excluding hydrogens is 202 g/mol. The summed E-state index contributed by atoms with van der Waals surface area (Å²) in [7, 11) is 0. The third-order valence-electron chi connectivity index (χ3n) is 0.0772. The number of hydrogen-bond acceptors (Lipinski definition) is 1. The molecule has 0 saturated carbocycles. The van der Waals surface area contributed by atoms with E-state index in [1.54, 1.807) is 22.6 Å². The van der Waals surface area contributed by atoms with Crippen LogP contribution in [0.5, 0.6) is 0 Å². The molecule has 0 aromatic rings. The van der Waals surface area contributed by atoms with Crippen LogP contribution in [-0.4, -0.2) is 5.94 Å². The Balaban J connectivity index is 3.60. The summed E-state index contributed by atoms with van der Waals surface area (Å²) >= 11 is 6.61. The van der Waals surface area contributed by atoms with Gasteiger partial charge in [0.2, 0.25) is 0 Å². The van der Waals surface area contributed by atoms with E-state index in [0.717, 1.165) is 0 Å². The lowest BCUT2D eigenvalue weighted by Gasteiger charge is -1.55. The molecule has 0 aliphatic heterocycles. The Morgan fingerprint density at radius 2 is 2.20 bits per heavy atom. The Morgan fingerprint density at radius 1 is 2.00 bits per heavy atom. The highest BCUT2D eigenvalue weighted by Gasteiger charge is 1.70. The molecule has 0 fully saturated rings. The number of rotatable bonds is 0. The van der Waals surface area contributed by atoms with Crippen LogP contribution >= 0.6 is 34.2 Å². The van der Waals surface area contributed by atoms with E-state index < -0.39 is 0 Å². The first-order valence-electron chi connectivity index (χ1n) is 0.832. The number of halogens is 2. The van der Waals surface area contributed by atoms with Gasteiger partial charge in [-0.2, -0.15) is 0 Å². The van der Waals surface area contributed by atoms with Gasteiger partial charge in [-0.25, -0.2) is 4.79 Å². The fraction of sp³-hybridized carbons (Fsp3) is 0. The van der Waals surface area contributed by atoms with Gasteiger partial charge in [0.1, 0.15) is 0 Å². The molecule has 0 heterocycles. The third kappa shape index (κ3) is 4.47. The van der Waals surface area contributed by atoms with E-state index in [0.29, 0.717) is 0 Å². The van der Waals surface area contributed by atoms with Crippen molar-refractivity contribution in [1.29, 1.82) is 0 Å². The van der Waals surface area contributed by atoms with E-state index in [1.807, 2.05) is 0 Å². The fourth-order valence-corrected chi connectivity index (χ4v) is 0. The first kappa shape index (κ1) is 5.47. The molecule has 0 rings (SSSR count). The Bertz CT molecular complexity index is 69.7. The lowest BCUT2D eigenvalue weighted by molar-refractivity contribution is 0.569. The molecule has 3 heteroatoms. The smallest absolute Gasteiger partial charge is 0.162 e. The largest absolute Gasteiger partial charge is 0.231 e. The van der Waals surface area contributed by atoms with Crippen LogP contribution in [0.3, 0.4) is 0 Å². The van der Waals surface area contributed by atoms with Gasteiger partial charge in [0.05, 0.1) is 0 Å². The molecule has 0 aliphatic carbocycles. The molecular formula is C2ClIO. The zero-order chi connectivity index (χ0) is 4.28. The van der Waals surface area contributed by atoms with Gasteiger partial charge in [0, 0.05) is 0 Å². The van der Waals surface area contributed by atoms with Crippen LogP contribution in [0, 0.1) is 0 Å². The summed E-state index contributed by atoms with van der Waals surface area (Å²) in [4.78, 5) is 9.20. The molecule has 1 nitrogen and oxygen atoms in total. The van der Waals surface area contributed by atoms with E-state index in [2.05, 4.69) is 0 Å². The minimum atomic E-state index is 0.141. The van der Waals surface area contributed by atoms with Crippen LogP contribution in [0.1, 0.15) is 0 Å². The van der Waals surface area contributed by atoms with Gasteiger partial charge in [0.25, 0.3) is 0 Å². The van der Waals surface area contributed by atoms with Gasteiger partial charge < -0.3 is 0 Å². The maximum absolute atomic E-state index is 9.20. The van der Waals surface area contributed by atoms with Gasteiger partial charge in [-0.05, 0) is 22.6 Å². The summed E-state index contributed by atoms with van der Waals surface area (Å²) in [6.07, 6.45) is 0. The van der Waals surface area contributed by atoms with Gasteiger partial charge in [0.15, 0.2) is 8.98 Å². The maximum Gasteiger partial charge on any atom is 0.162 e. The summed E-state index contributed by atoms with van der Waals surface area (Å²) in [5.41, 5.74) is 0. The van der Waals surface area contributed by atoms with Crippen LogP contribution < -0.4 is 0 Å². The number of carbonyl (C=O) groups excluding carboxylic acids is 1. The standard InChI is InChI=1S/C2ClIO/c3-2(4)1-5. The second-order valence-electron chi connectivity index (χ2n) is 0.362. The lowest BCUT2D eigenvalue weighted by atomic mass is 11.2. The quantitative estimate of drug-likeness (QED) is 0.428. The molecule has 0 aliphatic rings. The molecule has 0 saturated heterocycles. The Hall–Kier alpha value is 0.470. The van der Waals surface area contributed by atoms with E-state index in [4.69, 9.17) is 11.6 Å². The van der Waals surface area contributed by atoms with Crippen molar-refractivity contribution >= 4 is 40.1 Å². The number of hydrogen-bond donors (Lipinski definition) is 0. The van der Waals surface area contributed by atoms with Crippen molar-refractivity contribution in [1.82, 2.24) is 0 Å². The van der Waals surface area contributed by atoms with E-state index in [1.165, 1.54) is 5.94 Å². The fourth-order valence-electron chi connectivity index (χ4n) is 0. The normalized spacial score (nSPS) is 6.00. The highest BCUT2D eigenvalue weighted by atomic mass is 127. The average molecular weight is 202 g/mol. The molecule has 0 radical (unpaired) electrons. The molecule has 0 amide bonds. The van der Waals surface area contributed by atoms with Gasteiger partial charge in [-0.3, -0.25) is 0 Å². The lowest BCUT2D eigenvalue weighted by Crippen LogP contribution is -1.42. The van der Waals surface area contributed by atoms with E-state index in [9.17, 15) is 4.79 Å².